The molecule has 8 nitrogen and oxygen atoms in total. The van der Waals surface area contributed by atoms with Crippen molar-refractivity contribution < 1.29 is 14.3 Å². The lowest BCUT2D eigenvalue weighted by molar-refractivity contribution is 0.0686. The zero-order chi connectivity index (χ0) is 21.8. The molecule has 2 heterocycles. The minimum atomic E-state index is -0.458. The largest absolute Gasteiger partial charge is 0.450 e. The second-order valence-corrected chi connectivity index (χ2v) is 7.44. The first kappa shape index (κ1) is 20.6. The maximum absolute atomic E-state index is 12.9. The molecule has 1 aromatic heterocycles. The highest BCUT2D eigenvalue weighted by Gasteiger charge is 2.25. The highest BCUT2D eigenvalue weighted by Crippen LogP contribution is 2.16. The van der Waals surface area contributed by atoms with Crippen LogP contribution in [0.4, 0.5) is 4.79 Å². The predicted octanol–water partition coefficient (Wildman–Crippen LogP) is 2.74. The number of likely N-dealkylation sites (tertiary alicyclic amines) is 1. The van der Waals surface area contributed by atoms with Gasteiger partial charge in [-0.3, -0.25) is 14.2 Å². The van der Waals surface area contributed by atoms with E-state index < -0.39 is 6.09 Å². The maximum Gasteiger partial charge on any atom is 0.407 e. The third kappa shape index (κ3) is 4.42. The first-order valence-electron chi connectivity index (χ1n) is 10.4. The van der Waals surface area contributed by atoms with Crippen LogP contribution in [0, 0.1) is 0 Å². The van der Waals surface area contributed by atoms with Crippen molar-refractivity contribution >= 4 is 22.9 Å². The minimum Gasteiger partial charge on any atom is -0.450 e. The number of amides is 2. The topological polar surface area (TPSA) is 93.5 Å². The SMILES string of the molecule is CCOC(=O)N[C@@H]1CCCN(C(=O)c2ccc(-n3cnc4ccccc4c3=O)cc2)C1. The third-order valence-electron chi connectivity index (χ3n) is 5.36. The van der Waals surface area contributed by atoms with Crippen LogP contribution < -0.4 is 10.9 Å². The zero-order valence-corrected chi connectivity index (χ0v) is 17.3. The lowest BCUT2D eigenvalue weighted by atomic mass is 10.0. The number of hydrogen-bond donors (Lipinski definition) is 1. The van der Waals surface area contributed by atoms with Gasteiger partial charge in [-0.05, 0) is 56.2 Å². The molecule has 0 spiro atoms. The van der Waals surface area contributed by atoms with Crippen molar-refractivity contribution in [3.05, 3.63) is 70.8 Å². The third-order valence-corrected chi connectivity index (χ3v) is 5.36. The molecule has 1 aliphatic heterocycles. The Morgan fingerprint density at radius 3 is 2.71 bits per heavy atom. The minimum absolute atomic E-state index is 0.106. The van der Waals surface area contributed by atoms with Gasteiger partial charge in [0.05, 0.1) is 23.2 Å². The molecule has 160 valence electrons. The second-order valence-electron chi connectivity index (χ2n) is 7.44. The fraction of sp³-hybridized carbons (Fsp3) is 0.304. The van der Waals surface area contributed by atoms with Crippen LogP contribution in [0.5, 0.6) is 0 Å². The van der Waals surface area contributed by atoms with Crippen LogP contribution in [-0.2, 0) is 4.74 Å². The molecule has 4 rings (SSSR count). The van der Waals surface area contributed by atoms with Gasteiger partial charge in [-0.1, -0.05) is 12.1 Å². The summed E-state index contributed by atoms with van der Waals surface area (Å²) in [7, 11) is 0. The number of nitrogens with one attached hydrogen (secondary N) is 1. The van der Waals surface area contributed by atoms with E-state index in [2.05, 4.69) is 10.3 Å². The summed E-state index contributed by atoms with van der Waals surface area (Å²) in [6, 6.07) is 14.0. The van der Waals surface area contributed by atoms with Crippen LogP contribution in [0.2, 0.25) is 0 Å². The van der Waals surface area contributed by atoms with Crippen molar-refractivity contribution in [2.45, 2.75) is 25.8 Å². The van der Waals surface area contributed by atoms with Gasteiger partial charge in [0, 0.05) is 24.7 Å². The van der Waals surface area contributed by atoms with E-state index in [1.54, 1.807) is 54.3 Å². The number of hydrogen-bond acceptors (Lipinski definition) is 5. The monoisotopic (exact) mass is 420 g/mol. The summed E-state index contributed by atoms with van der Waals surface area (Å²) in [5.74, 6) is -0.106. The lowest BCUT2D eigenvalue weighted by Crippen LogP contribution is -2.49. The average molecular weight is 420 g/mol. The number of carbonyl (C=O) groups is 2. The number of benzene rings is 2. The van der Waals surface area contributed by atoms with E-state index in [1.165, 1.54) is 10.9 Å². The molecule has 0 radical (unpaired) electrons. The molecule has 1 fully saturated rings. The summed E-state index contributed by atoms with van der Waals surface area (Å²) in [5.41, 5.74) is 1.66. The Balaban J connectivity index is 1.49. The molecular formula is C23H24N4O4. The van der Waals surface area contributed by atoms with E-state index in [0.29, 0.717) is 41.9 Å². The summed E-state index contributed by atoms with van der Waals surface area (Å²) < 4.78 is 6.40. The van der Waals surface area contributed by atoms with Gasteiger partial charge >= 0.3 is 6.09 Å². The van der Waals surface area contributed by atoms with E-state index in [1.807, 2.05) is 6.07 Å². The maximum atomic E-state index is 12.9. The summed E-state index contributed by atoms with van der Waals surface area (Å²) >= 11 is 0. The Morgan fingerprint density at radius 2 is 1.94 bits per heavy atom. The number of piperidine rings is 1. The molecule has 8 heteroatoms. The zero-order valence-electron chi connectivity index (χ0n) is 17.3. The van der Waals surface area contributed by atoms with Gasteiger partial charge in [0.15, 0.2) is 0 Å². The molecule has 0 saturated carbocycles. The van der Waals surface area contributed by atoms with Crippen LogP contribution >= 0.6 is 0 Å². The van der Waals surface area contributed by atoms with E-state index in [9.17, 15) is 14.4 Å². The molecule has 0 unspecified atom stereocenters. The molecule has 2 aromatic carbocycles. The Kier molecular flexibility index (Phi) is 5.97. The van der Waals surface area contributed by atoms with Crippen LogP contribution in [0.15, 0.2) is 59.7 Å². The number of aromatic nitrogens is 2. The standard InChI is InChI=1S/C23H24N4O4/c1-2-31-23(30)25-17-6-5-13-26(14-17)21(28)16-9-11-18(12-10-16)27-15-24-20-8-4-3-7-19(20)22(27)29/h3-4,7-12,15,17H,2,5-6,13-14H2,1H3,(H,25,30)/t17-/m1/s1. The molecule has 0 bridgehead atoms. The van der Waals surface area contributed by atoms with Crippen molar-refractivity contribution in [1.82, 2.24) is 19.8 Å². The number of rotatable bonds is 4. The van der Waals surface area contributed by atoms with Crippen LogP contribution in [-0.4, -0.2) is 52.2 Å². The number of carbonyl (C=O) groups excluding carboxylic acids is 2. The van der Waals surface area contributed by atoms with Gasteiger partial charge in [0.1, 0.15) is 6.33 Å². The number of para-hydroxylation sites is 1. The molecule has 1 N–H and O–H groups in total. The van der Waals surface area contributed by atoms with Crippen molar-refractivity contribution in [2.75, 3.05) is 19.7 Å². The smallest absolute Gasteiger partial charge is 0.407 e. The fourth-order valence-electron chi connectivity index (χ4n) is 3.82. The number of alkyl carbamates (subject to hydrolysis) is 1. The molecule has 1 saturated heterocycles. The van der Waals surface area contributed by atoms with Gasteiger partial charge < -0.3 is 15.0 Å². The van der Waals surface area contributed by atoms with Gasteiger partial charge in [-0.25, -0.2) is 9.78 Å². The predicted molar refractivity (Wildman–Crippen MR) is 116 cm³/mol. The van der Waals surface area contributed by atoms with Gasteiger partial charge in [0.2, 0.25) is 0 Å². The van der Waals surface area contributed by atoms with Crippen molar-refractivity contribution in [3.63, 3.8) is 0 Å². The Morgan fingerprint density at radius 1 is 1.16 bits per heavy atom. The quantitative estimate of drug-likeness (QED) is 0.701. The Labute approximate surface area is 179 Å². The van der Waals surface area contributed by atoms with Crippen molar-refractivity contribution in [3.8, 4) is 5.69 Å². The number of ether oxygens (including phenoxy) is 1. The Bertz CT molecular complexity index is 1160. The van der Waals surface area contributed by atoms with Crippen LogP contribution in [0.3, 0.4) is 0 Å². The van der Waals surface area contributed by atoms with E-state index in [0.717, 1.165) is 12.8 Å². The van der Waals surface area contributed by atoms with Gasteiger partial charge in [-0.15, -0.1) is 0 Å². The number of nitrogens with zero attached hydrogens (tertiary/aromatic N) is 3. The number of fused-ring (bicyclic) bond motifs is 1. The normalized spacial score (nSPS) is 16.2. The van der Waals surface area contributed by atoms with Gasteiger partial charge in [-0.2, -0.15) is 0 Å². The highest BCUT2D eigenvalue weighted by atomic mass is 16.5. The molecule has 3 aromatic rings. The van der Waals surface area contributed by atoms with Crippen molar-refractivity contribution in [1.29, 1.82) is 0 Å². The van der Waals surface area contributed by atoms with Crippen LogP contribution in [0.1, 0.15) is 30.1 Å². The first-order chi connectivity index (χ1) is 15.1. The van der Waals surface area contributed by atoms with Gasteiger partial charge in [0.25, 0.3) is 11.5 Å². The summed E-state index contributed by atoms with van der Waals surface area (Å²) in [4.78, 5) is 43.5. The average Bonchev–Trinajstić information content (AvgIpc) is 2.79. The molecule has 2 amide bonds. The Hall–Kier alpha value is -3.68. The first-order valence-corrected chi connectivity index (χ1v) is 10.4. The fourth-order valence-corrected chi connectivity index (χ4v) is 3.82. The summed E-state index contributed by atoms with van der Waals surface area (Å²) in [6.45, 7) is 3.13. The second kappa shape index (κ2) is 8.99. The molecule has 31 heavy (non-hydrogen) atoms. The molecule has 1 aliphatic rings. The lowest BCUT2D eigenvalue weighted by Gasteiger charge is -2.33. The van der Waals surface area contributed by atoms with Crippen molar-refractivity contribution in [2.24, 2.45) is 0 Å². The molecule has 1 atom stereocenters. The van der Waals surface area contributed by atoms with Crippen LogP contribution in [0.25, 0.3) is 16.6 Å². The molecule has 0 aliphatic carbocycles. The molecular weight excluding hydrogens is 396 g/mol. The summed E-state index contributed by atoms with van der Waals surface area (Å²) in [5, 5.41) is 3.35. The van der Waals surface area contributed by atoms with E-state index in [-0.39, 0.29) is 17.5 Å². The van der Waals surface area contributed by atoms with E-state index in [4.69, 9.17) is 4.74 Å². The summed E-state index contributed by atoms with van der Waals surface area (Å²) in [6.07, 6.45) is 2.65. The van der Waals surface area contributed by atoms with E-state index >= 15 is 0 Å². The highest BCUT2D eigenvalue weighted by molar-refractivity contribution is 5.94.